The number of fused-ring (bicyclic) bond motifs is 1. The molecule has 0 saturated carbocycles. The minimum absolute atomic E-state index is 0.219. The third-order valence-corrected chi connectivity index (χ3v) is 6.50. The number of benzene rings is 2. The Bertz CT molecular complexity index is 1320. The van der Waals surface area contributed by atoms with E-state index in [0.717, 1.165) is 22.4 Å². The summed E-state index contributed by atoms with van der Waals surface area (Å²) in [4.78, 5) is 38.3. The predicted octanol–water partition coefficient (Wildman–Crippen LogP) is 1.86. The first-order chi connectivity index (χ1) is 17.2. The van der Waals surface area contributed by atoms with Crippen LogP contribution >= 0.6 is 0 Å². The molecule has 2 aliphatic heterocycles. The number of carbonyl (C=O) groups excluding carboxylic acids is 3. The lowest BCUT2D eigenvalue weighted by atomic mass is 10.0. The molecule has 10 heteroatoms. The SMILES string of the molecule is CC(C)(N)c1cn(Cc2ccc(COc3cccc4c3CN(C3CCC(=O)NC3=O)C4=O)cc2)nn1. The van der Waals surface area contributed by atoms with Crippen molar-refractivity contribution in [3.8, 4) is 5.75 Å². The monoisotopic (exact) mass is 488 g/mol. The van der Waals surface area contributed by atoms with Gasteiger partial charge in [-0.15, -0.1) is 5.10 Å². The Balaban J connectivity index is 1.23. The van der Waals surface area contributed by atoms with Crippen LogP contribution in [-0.4, -0.2) is 43.7 Å². The molecule has 2 aromatic carbocycles. The van der Waals surface area contributed by atoms with Crippen molar-refractivity contribution < 1.29 is 19.1 Å². The highest BCUT2D eigenvalue weighted by atomic mass is 16.5. The molecule has 3 amide bonds. The van der Waals surface area contributed by atoms with Crippen LogP contribution in [0.4, 0.5) is 0 Å². The number of ether oxygens (including phenoxy) is 1. The van der Waals surface area contributed by atoms with Crippen molar-refractivity contribution in [2.75, 3.05) is 0 Å². The number of rotatable bonds is 7. The lowest BCUT2D eigenvalue weighted by Gasteiger charge is -2.29. The minimum atomic E-state index is -0.653. The van der Waals surface area contributed by atoms with Crippen molar-refractivity contribution in [2.24, 2.45) is 5.73 Å². The maximum absolute atomic E-state index is 13.0. The molecule has 0 spiro atoms. The van der Waals surface area contributed by atoms with E-state index in [1.807, 2.05) is 50.4 Å². The van der Waals surface area contributed by atoms with Gasteiger partial charge in [-0.25, -0.2) is 4.68 Å². The summed E-state index contributed by atoms with van der Waals surface area (Å²) in [5.41, 5.74) is 9.60. The molecule has 1 atom stereocenters. The average Bonchev–Trinajstić information content (AvgIpc) is 3.44. The molecule has 10 nitrogen and oxygen atoms in total. The Morgan fingerprint density at radius 3 is 2.56 bits per heavy atom. The standard InChI is InChI=1S/C26H28N6O4/c1-26(2,27)22-14-31(30-29-22)12-16-6-8-17(9-7-16)15-36-21-5-3-4-18-19(21)13-32(25(18)35)20-10-11-23(33)28-24(20)34/h3-9,14,20H,10-13,15,27H2,1-2H3,(H,28,33,34). The predicted molar refractivity (Wildman–Crippen MR) is 130 cm³/mol. The van der Waals surface area contributed by atoms with Crippen LogP contribution in [0.2, 0.25) is 0 Å². The van der Waals surface area contributed by atoms with Gasteiger partial charge in [-0.2, -0.15) is 0 Å². The quantitative estimate of drug-likeness (QED) is 0.485. The molecule has 1 fully saturated rings. The fourth-order valence-corrected chi connectivity index (χ4v) is 4.45. The number of hydrogen-bond donors (Lipinski definition) is 2. The van der Waals surface area contributed by atoms with E-state index in [0.29, 0.717) is 30.9 Å². The van der Waals surface area contributed by atoms with E-state index >= 15 is 0 Å². The van der Waals surface area contributed by atoms with Crippen LogP contribution in [0.1, 0.15) is 59.4 Å². The van der Waals surface area contributed by atoms with Gasteiger partial charge < -0.3 is 15.4 Å². The number of nitrogens with two attached hydrogens (primary N) is 1. The molecule has 2 aliphatic rings. The van der Waals surface area contributed by atoms with E-state index in [1.54, 1.807) is 16.8 Å². The van der Waals surface area contributed by atoms with Gasteiger partial charge in [0.1, 0.15) is 24.1 Å². The first kappa shape index (κ1) is 23.7. The van der Waals surface area contributed by atoms with E-state index in [9.17, 15) is 14.4 Å². The molecule has 0 aliphatic carbocycles. The van der Waals surface area contributed by atoms with E-state index in [4.69, 9.17) is 10.5 Å². The number of carbonyl (C=O) groups is 3. The highest BCUT2D eigenvalue weighted by Gasteiger charge is 2.40. The molecule has 3 N–H and O–H groups in total. The summed E-state index contributed by atoms with van der Waals surface area (Å²) >= 11 is 0. The van der Waals surface area contributed by atoms with Gasteiger partial charge in [0, 0.05) is 17.5 Å². The number of nitrogens with one attached hydrogen (secondary N) is 1. The van der Waals surface area contributed by atoms with Gasteiger partial charge in [-0.3, -0.25) is 19.7 Å². The summed E-state index contributed by atoms with van der Waals surface area (Å²) in [6.45, 7) is 4.96. The molecule has 0 radical (unpaired) electrons. The molecule has 3 aromatic rings. The average molecular weight is 489 g/mol. The van der Waals surface area contributed by atoms with Crippen LogP contribution in [0.3, 0.4) is 0 Å². The van der Waals surface area contributed by atoms with Crippen LogP contribution in [-0.2, 0) is 34.8 Å². The molecule has 1 unspecified atom stereocenters. The second kappa shape index (κ2) is 9.19. The van der Waals surface area contributed by atoms with Crippen molar-refractivity contribution in [3.05, 3.63) is 76.6 Å². The zero-order chi connectivity index (χ0) is 25.4. The molecule has 0 bridgehead atoms. The molecule has 186 valence electrons. The topological polar surface area (TPSA) is 132 Å². The summed E-state index contributed by atoms with van der Waals surface area (Å²) < 4.78 is 7.84. The first-order valence-electron chi connectivity index (χ1n) is 11.9. The molecule has 36 heavy (non-hydrogen) atoms. The van der Waals surface area contributed by atoms with Gasteiger partial charge in [-0.05, 0) is 43.5 Å². The lowest BCUT2D eigenvalue weighted by Crippen LogP contribution is -2.52. The van der Waals surface area contributed by atoms with Crippen LogP contribution in [0, 0.1) is 0 Å². The van der Waals surface area contributed by atoms with Crippen molar-refractivity contribution in [2.45, 2.75) is 58.0 Å². The number of amides is 3. The number of nitrogens with zero attached hydrogens (tertiary/aromatic N) is 4. The molecular weight excluding hydrogens is 460 g/mol. The third kappa shape index (κ3) is 4.72. The van der Waals surface area contributed by atoms with E-state index in [-0.39, 0.29) is 24.8 Å². The van der Waals surface area contributed by atoms with E-state index in [2.05, 4.69) is 15.6 Å². The molecule has 3 heterocycles. The fourth-order valence-electron chi connectivity index (χ4n) is 4.45. The van der Waals surface area contributed by atoms with Crippen molar-refractivity contribution in [1.29, 1.82) is 0 Å². The highest BCUT2D eigenvalue weighted by molar-refractivity contribution is 6.05. The van der Waals surface area contributed by atoms with Crippen LogP contribution in [0.15, 0.2) is 48.7 Å². The summed E-state index contributed by atoms with van der Waals surface area (Å²) in [6.07, 6.45) is 2.40. The summed E-state index contributed by atoms with van der Waals surface area (Å²) in [7, 11) is 0. The van der Waals surface area contributed by atoms with Crippen LogP contribution in [0.5, 0.6) is 5.75 Å². The lowest BCUT2D eigenvalue weighted by molar-refractivity contribution is -0.136. The van der Waals surface area contributed by atoms with Crippen molar-refractivity contribution >= 4 is 17.7 Å². The third-order valence-electron chi connectivity index (χ3n) is 6.50. The summed E-state index contributed by atoms with van der Waals surface area (Å²) in [5.74, 6) is -0.340. The fraction of sp³-hybridized carbons (Fsp3) is 0.346. The Morgan fingerprint density at radius 2 is 1.86 bits per heavy atom. The van der Waals surface area contributed by atoms with Gasteiger partial charge in [0.2, 0.25) is 11.8 Å². The molecule has 1 aromatic heterocycles. The smallest absolute Gasteiger partial charge is 0.255 e. The highest BCUT2D eigenvalue weighted by Crippen LogP contribution is 2.34. The van der Waals surface area contributed by atoms with E-state index in [1.165, 1.54) is 4.90 Å². The molecule has 1 saturated heterocycles. The second-order valence-corrected chi connectivity index (χ2v) is 9.81. The van der Waals surface area contributed by atoms with Crippen molar-refractivity contribution in [3.63, 3.8) is 0 Å². The number of piperidine rings is 1. The normalized spacial score (nSPS) is 17.8. The van der Waals surface area contributed by atoms with Crippen molar-refractivity contribution in [1.82, 2.24) is 25.2 Å². The maximum atomic E-state index is 13.0. The summed E-state index contributed by atoms with van der Waals surface area (Å²) in [6, 6.07) is 12.7. The van der Waals surface area contributed by atoms with Gasteiger partial charge >= 0.3 is 0 Å². The maximum Gasteiger partial charge on any atom is 0.255 e. The van der Waals surface area contributed by atoms with Gasteiger partial charge in [0.25, 0.3) is 5.91 Å². The number of aromatic nitrogens is 3. The van der Waals surface area contributed by atoms with Gasteiger partial charge in [0.05, 0.1) is 24.8 Å². The first-order valence-corrected chi connectivity index (χ1v) is 11.9. The number of imide groups is 1. The zero-order valence-electron chi connectivity index (χ0n) is 20.2. The summed E-state index contributed by atoms with van der Waals surface area (Å²) in [5, 5.41) is 10.6. The molecular formula is C26H28N6O4. The Labute approximate surface area is 208 Å². The Kier molecular flexibility index (Phi) is 6.05. The van der Waals surface area contributed by atoms with Gasteiger partial charge in [-0.1, -0.05) is 35.5 Å². The molecule has 5 rings (SSSR count). The number of hydrogen-bond acceptors (Lipinski definition) is 7. The Hall–Kier alpha value is -4.05. The largest absolute Gasteiger partial charge is 0.489 e. The second-order valence-electron chi connectivity index (χ2n) is 9.81. The Morgan fingerprint density at radius 1 is 1.11 bits per heavy atom. The zero-order valence-corrected chi connectivity index (χ0v) is 20.2. The minimum Gasteiger partial charge on any atom is -0.489 e. The van der Waals surface area contributed by atoms with Gasteiger partial charge in [0.15, 0.2) is 0 Å². The van der Waals surface area contributed by atoms with Crippen LogP contribution < -0.4 is 15.8 Å². The van der Waals surface area contributed by atoms with Crippen LogP contribution in [0.25, 0.3) is 0 Å². The van der Waals surface area contributed by atoms with E-state index < -0.39 is 17.5 Å².